The van der Waals surface area contributed by atoms with Crippen LogP contribution in [0.2, 0.25) is 0 Å². The van der Waals surface area contributed by atoms with Crippen molar-refractivity contribution < 1.29 is 19.2 Å². The highest BCUT2D eigenvalue weighted by Crippen LogP contribution is 2.37. The quantitative estimate of drug-likeness (QED) is 0.479. The maximum atomic E-state index is 13.5. The number of nitrogens with zero attached hydrogens (tertiary/aromatic N) is 2. The zero-order valence-corrected chi connectivity index (χ0v) is 19.5. The Bertz CT molecular complexity index is 1250. The zero-order chi connectivity index (χ0) is 23.7. The first-order valence-corrected chi connectivity index (χ1v) is 10.7. The van der Waals surface area contributed by atoms with Crippen LogP contribution in [0.25, 0.3) is 0 Å². The molecule has 9 heteroatoms. The number of nitrogens with one attached hydrogen (secondary N) is 2. The summed E-state index contributed by atoms with van der Waals surface area (Å²) in [5.41, 5.74) is 3.67. The third kappa shape index (κ3) is 4.40. The standard InChI is InChI=1S/C24H24N4O4S/c1-13-5-8-17(9-6-13)28-15(3)21(23(30)25-20-11-14(2)32-27-20)22(26-24(28)33)16-7-10-19(31-4)18(29)12-16/h5-12,22,29H,1-4H3,(H,26,33)(H,25,27,30)/t22-/m1/s1. The number of carbonyl (C=O) groups is 1. The molecule has 0 spiro atoms. The number of hydrogen-bond donors (Lipinski definition) is 3. The first kappa shape index (κ1) is 22.3. The highest BCUT2D eigenvalue weighted by Gasteiger charge is 2.35. The number of hydrogen-bond acceptors (Lipinski definition) is 6. The van der Waals surface area contributed by atoms with Crippen molar-refractivity contribution in [3.63, 3.8) is 0 Å². The van der Waals surface area contributed by atoms with Crippen LogP contribution in [0.5, 0.6) is 11.5 Å². The molecule has 4 rings (SSSR count). The molecular formula is C24H24N4O4S. The smallest absolute Gasteiger partial charge is 0.257 e. The van der Waals surface area contributed by atoms with Crippen molar-refractivity contribution in [2.75, 3.05) is 17.3 Å². The van der Waals surface area contributed by atoms with E-state index in [2.05, 4.69) is 15.8 Å². The first-order chi connectivity index (χ1) is 15.8. The molecule has 0 unspecified atom stereocenters. The number of aromatic nitrogens is 1. The van der Waals surface area contributed by atoms with Crippen LogP contribution in [-0.2, 0) is 4.79 Å². The highest BCUT2D eigenvalue weighted by molar-refractivity contribution is 7.80. The molecule has 0 saturated carbocycles. The van der Waals surface area contributed by atoms with Gasteiger partial charge in [-0.1, -0.05) is 28.9 Å². The van der Waals surface area contributed by atoms with E-state index in [1.165, 1.54) is 7.11 Å². The maximum Gasteiger partial charge on any atom is 0.257 e. The Morgan fingerprint density at radius 3 is 2.52 bits per heavy atom. The lowest BCUT2D eigenvalue weighted by molar-refractivity contribution is -0.113. The van der Waals surface area contributed by atoms with Gasteiger partial charge in [0.05, 0.1) is 18.7 Å². The summed E-state index contributed by atoms with van der Waals surface area (Å²) in [7, 11) is 1.48. The molecular weight excluding hydrogens is 440 g/mol. The van der Waals surface area contributed by atoms with Crippen molar-refractivity contribution in [2.45, 2.75) is 26.8 Å². The van der Waals surface area contributed by atoms with E-state index in [0.29, 0.717) is 39.3 Å². The summed E-state index contributed by atoms with van der Waals surface area (Å²) in [6.45, 7) is 5.59. The Balaban J connectivity index is 1.81. The number of rotatable bonds is 5. The molecule has 0 bridgehead atoms. The summed E-state index contributed by atoms with van der Waals surface area (Å²) in [6.07, 6.45) is 0. The number of aryl methyl sites for hydroxylation is 2. The van der Waals surface area contributed by atoms with E-state index in [9.17, 15) is 9.90 Å². The molecule has 0 saturated heterocycles. The summed E-state index contributed by atoms with van der Waals surface area (Å²) in [6, 6.07) is 13.9. The molecule has 1 aromatic heterocycles. The Labute approximate surface area is 196 Å². The van der Waals surface area contributed by atoms with Crippen molar-refractivity contribution in [3.8, 4) is 11.5 Å². The summed E-state index contributed by atoms with van der Waals surface area (Å²) in [5.74, 6) is 0.825. The van der Waals surface area contributed by atoms with Gasteiger partial charge in [-0.3, -0.25) is 9.69 Å². The fourth-order valence-corrected chi connectivity index (χ4v) is 4.15. The van der Waals surface area contributed by atoms with E-state index >= 15 is 0 Å². The molecule has 2 heterocycles. The molecule has 33 heavy (non-hydrogen) atoms. The van der Waals surface area contributed by atoms with Gasteiger partial charge in [0.15, 0.2) is 22.4 Å². The fraction of sp³-hybridized carbons (Fsp3) is 0.208. The third-order valence-electron chi connectivity index (χ3n) is 5.43. The lowest BCUT2D eigenvalue weighted by Crippen LogP contribution is -2.48. The van der Waals surface area contributed by atoms with Gasteiger partial charge in [-0.2, -0.15) is 0 Å². The topological polar surface area (TPSA) is 99.9 Å². The monoisotopic (exact) mass is 464 g/mol. The van der Waals surface area contributed by atoms with Crippen molar-refractivity contribution >= 4 is 34.7 Å². The predicted molar refractivity (Wildman–Crippen MR) is 129 cm³/mol. The number of phenols is 1. The predicted octanol–water partition coefficient (Wildman–Crippen LogP) is 4.35. The van der Waals surface area contributed by atoms with Gasteiger partial charge in [-0.15, -0.1) is 0 Å². The highest BCUT2D eigenvalue weighted by atomic mass is 32.1. The Morgan fingerprint density at radius 2 is 1.91 bits per heavy atom. The summed E-state index contributed by atoms with van der Waals surface area (Å²) < 4.78 is 10.2. The second kappa shape index (κ2) is 8.95. The fourth-order valence-electron chi connectivity index (χ4n) is 3.79. The van der Waals surface area contributed by atoms with Crippen LogP contribution in [0.1, 0.15) is 29.9 Å². The zero-order valence-electron chi connectivity index (χ0n) is 18.7. The number of thiocarbonyl (C=S) groups is 1. The van der Waals surface area contributed by atoms with Crippen LogP contribution >= 0.6 is 12.2 Å². The minimum absolute atomic E-state index is 0.0341. The second-order valence-corrected chi connectivity index (χ2v) is 8.15. The average molecular weight is 465 g/mol. The minimum Gasteiger partial charge on any atom is -0.504 e. The summed E-state index contributed by atoms with van der Waals surface area (Å²) in [4.78, 5) is 15.3. The number of benzene rings is 2. The molecule has 0 aliphatic carbocycles. The van der Waals surface area contributed by atoms with Crippen molar-refractivity contribution in [1.29, 1.82) is 0 Å². The largest absolute Gasteiger partial charge is 0.504 e. The number of anilines is 2. The Kier molecular flexibility index (Phi) is 6.06. The van der Waals surface area contributed by atoms with E-state index in [0.717, 1.165) is 11.3 Å². The molecule has 1 aliphatic heterocycles. The van der Waals surface area contributed by atoms with Crippen LogP contribution in [0, 0.1) is 13.8 Å². The van der Waals surface area contributed by atoms with Crippen molar-refractivity contribution in [1.82, 2.24) is 10.5 Å². The van der Waals surface area contributed by atoms with Gasteiger partial charge in [0.25, 0.3) is 5.91 Å². The van der Waals surface area contributed by atoms with Crippen LogP contribution < -0.4 is 20.3 Å². The number of aromatic hydroxyl groups is 1. The molecule has 1 aliphatic rings. The number of phenolic OH excluding ortho intramolecular Hbond substituents is 1. The van der Waals surface area contributed by atoms with Gasteiger partial charge in [0.2, 0.25) is 0 Å². The summed E-state index contributed by atoms with van der Waals surface area (Å²) >= 11 is 5.68. The molecule has 8 nitrogen and oxygen atoms in total. The van der Waals surface area contributed by atoms with Gasteiger partial charge in [-0.05, 0) is 62.8 Å². The Hall–Kier alpha value is -3.85. The minimum atomic E-state index is -0.607. The van der Waals surface area contributed by atoms with Crippen molar-refractivity contribution in [2.24, 2.45) is 0 Å². The van der Waals surface area contributed by atoms with Gasteiger partial charge >= 0.3 is 0 Å². The normalized spacial score (nSPS) is 15.9. The molecule has 170 valence electrons. The molecule has 0 fully saturated rings. The van der Waals surface area contributed by atoms with Crippen LogP contribution in [-0.4, -0.2) is 28.4 Å². The van der Waals surface area contributed by atoms with Crippen LogP contribution in [0.3, 0.4) is 0 Å². The number of methoxy groups -OCH3 is 1. The molecule has 3 N–H and O–H groups in total. The van der Waals surface area contributed by atoms with Crippen LogP contribution in [0.15, 0.2) is 64.3 Å². The second-order valence-electron chi connectivity index (χ2n) is 7.76. The van der Waals surface area contributed by atoms with Crippen molar-refractivity contribution in [3.05, 3.63) is 76.7 Å². The van der Waals surface area contributed by atoms with E-state index in [1.807, 2.05) is 43.0 Å². The number of ether oxygens (including phenoxy) is 1. The number of amides is 1. The maximum absolute atomic E-state index is 13.5. The van der Waals surface area contributed by atoms with E-state index in [4.69, 9.17) is 21.5 Å². The molecule has 2 aromatic carbocycles. The lowest BCUT2D eigenvalue weighted by Gasteiger charge is -2.38. The van der Waals surface area contributed by atoms with Gasteiger partial charge < -0.3 is 25.0 Å². The number of carbonyl (C=O) groups excluding carboxylic acids is 1. The SMILES string of the molecule is COc1ccc([C@H]2NC(=S)N(c3ccc(C)cc3)C(C)=C2C(=O)Nc2cc(C)on2)cc1O. The molecule has 0 radical (unpaired) electrons. The van der Waals surface area contributed by atoms with Crippen LogP contribution in [0.4, 0.5) is 11.5 Å². The molecule has 3 aromatic rings. The van der Waals surface area contributed by atoms with E-state index < -0.39 is 6.04 Å². The van der Waals surface area contributed by atoms with Gasteiger partial charge in [0, 0.05) is 17.5 Å². The summed E-state index contributed by atoms with van der Waals surface area (Å²) in [5, 5.41) is 20.7. The van der Waals surface area contributed by atoms with Gasteiger partial charge in [0.1, 0.15) is 5.76 Å². The molecule has 1 amide bonds. The van der Waals surface area contributed by atoms with E-state index in [1.54, 1.807) is 31.2 Å². The lowest BCUT2D eigenvalue weighted by atomic mass is 9.93. The first-order valence-electron chi connectivity index (χ1n) is 10.3. The van der Waals surface area contributed by atoms with E-state index in [-0.39, 0.29) is 11.7 Å². The van der Waals surface area contributed by atoms with Gasteiger partial charge in [-0.25, -0.2) is 0 Å². The molecule has 1 atom stereocenters. The Morgan fingerprint density at radius 1 is 1.18 bits per heavy atom. The third-order valence-corrected chi connectivity index (χ3v) is 5.73. The average Bonchev–Trinajstić information content (AvgIpc) is 3.18. The number of allylic oxidation sites excluding steroid dienone is 1.